The summed E-state index contributed by atoms with van der Waals surface area (Å²) in [6, 6.07) is 0. The molecule has 2 rings (SSSR count). The van der Waals surface area contributed by atoms with Gasteiger partial charge < -0.3 is 70.4 Å². The van der Waals surface area contributed by atoms with Gasteiger partial charge in [0.2, 0.25) is 23.8 Å². The predicted octanol–water partition coefficient (Wildman–Crippen LogP) is 13.7. The second kappa shape index (κ2) is 55.3. The van der Waals surface area contributed by atoms with Crippen molar-refractivity contribution in [3.8, 4) is 0 Å². The Balaban J connectivity index is 2.30. The van der Waals surface area contributed by atoms with Gasteiger partial charge in [0.1, 0.15) is 48.8 Å². The Hall–Kier alpha value is -2.56. The molecule has 0 radical (unpaired) electrons. The lowest BCUT2D eigenvalue weighted by molar-refractivity contribution is -0.445. The SMILES string of the molecule is CCCCCCCCCCCCCCCCCC(=O)O[C@H](CCCCCCCCCCC)CC(=O)N[C@@]1(OC2O[C@H](CO)[C@@H](O)[C@H](O)[C@]2(O)NC(=O)CC(CCCCCCCCCCC)OC(=O)CCCCCCCCCCCCCCC)O[C@H](CO)[C@@H](O)[C@H](O)[C@H]1O. The van der Waals surface area contributed by atoms with Crippen LogP contribution < -0.4 is 10.6 Å². The number of hydrogen-bond acceptors (Lipinski definition) is 17. The fraction of sp³-hybridized carbons (Fsp3) is 0.946. The molecule has 0 aromatic heterocycles. The molecule has 0 aliphatic carbocycles. The van der Waals surface area contributed by atoms with Crippen LogP contribution in [-0.2, 0) is 42.9 Å². The Morgan fingerprint density at radius 2 is 0.688 bits per heavy atom. The van der Waals surface area contributed by atoms with Crippen LogP contribution >= 0.6 is 0 Å². The minimum atomic E-state index is -3.19. The molecule has 548 valence electrons. The van der Waals surface area contributed by atoms with Crippen molar-refractivity contribution in [3.05, 3.63) is 0 Å². The molecule has 2 aliphatic heterocycles. The van der Waals surface area contributed by atoms with E-state index in [0.717, 1.165) is 128 Å². The van der Waals surface area contributed by atoms with E-state index in [2.05, 4.69) is 38.3 Å². The van der Waals surface area contributed by atoms with E-state index in [4.69, 9.17) is 23.7 Å². The molecule has 0 saturated carbocycles. The zero-order chi connectivity index (χ0) is 68.2. The second-order valence-corrected chi connectivity index (χ2v) is 27.7. The Labute approximate surface area is 563 Å². The molecule has 19 nitrogen and oxygen atoms in total. The molecule has 93 heavy (non-hydrogen) atoms. The van der Waals surface area contributed by atoms with Gasteiger partial charge in [-0.1, -0.05) is 297 Å². The average molecular weight is 1330 g/mol. The van der Waals surface area contributed by atoms with Crippen LogP contribution in [0.25, 0.3) is 0 Å². The van der Waals surface area contributed by atoms with Gasteiger partial charge in [-0.2, -0.15) is 0 Å². The fourth-order valence-corrected chi connectivity index (χ4v) is 13.0. The number of nitrogens with one attached hydrogen (secondary N) is 2. The summed E-state index contributed by atoms with van der Waals surface area (Å²) in [6.07, 6.45) is 31.7. The van der Waals surface area contributed by atoms with Crippen LogP contribution in [0.1, 0.15) is 362 Å². The number of unbranched alkanes of at least 4 members (excludes halogenated alkanes) is 42. The lowest BCUT2D eigenvalue weighted by Crippen LogP contribution is -2.79. The number of rotatable bonds is 62. The summed E-state index contributed by atoms with van der Waals surface area (Å²) in [4.78, 5) is 55.7. The Morgan fingerprint density at radius 1 is 0.387 bits per heavy atom. The van der Waals surface area contributed by atoms with Crippen molar-refractivity contribution in [1.29, 1.82) is 0 Å². The van der Waals surface area contributed by atoms with Crippen molar-refractivity contribution < 1.29 is 83.7 Å². The van der Waals surface area contributed by atoms with Gasteiger partial charge in [-0.05, 0) is 38.5 Å². The molecule has 12 atom stereocenters. The van der Waals surface area contributed by atoms with E-state index in [-0.39, 0.29) is 12.8 Å². The number of aliphatic hydroxyl groups is 8. The summed E-state index contributed by atoms with van der Waals surface area (Å²) >= 11 is 0. The highest BCUT2D eigenvalue weighted by Gasteiger charge is 2.63. The Bertz CT molecular complexity index is 1830. The molecule has 0 aromatic carbocycles. The summed E-state index contributed by atoms with van der Waals surface area (Å²) in [7, 11) is 0. The molecule has 10 N–H and O–H groups in total. The van der Waals surface area contributed by atoms with Gasteiger partial charge in [0.25, 0.3) is 5.91 Å². The zero-order valence-electron chi connectivity index (χ0n) is 59.2. The van der Waals surface area contributed by atoms with Gasteiger partial charge in [-0.3, -0.25) is 23.9 Å². The standard InChI is InChI=1S/C74H140N2O17/c1-5-9-13-17-21-25-27-29-30-32-34-38-42-46-50-54-66(82)90-60(52-48-44-40-36-24-20-16-12-8-4)56-64(80)76-74(71(87)69(85)67(83)62(58-78)92-74)93-72-73(88,70(86)68(84)61(57-77)91-72)75-63(79)55-59(51-47-43-39-35-23-19-15-11-7-3)89-65(81)53-49-45-41-37-33-31-28-26-22-18-14-10-6-2/h59-62,67-72,77-78,83-88H,5-58H2,1-4H3,(H,75,79)(H,76,80)/t59?,60-,61-,62-,67-,68-,69+,70+,71-,72?,73-,74-/m1/s1. The minimum Gasteiger partial charge on any atom is -0.462 e. The molecule has 2 saturated heterocycles. The van der Waals surface area contributed by atoms with Crippen molar-refractivity contribution in [2.45, 2.75) is 434 Å². The van der Waals surface area contributed by atoms with Crippen LogP contribution in [0.4, 0.5) is 0 Å². The van der Waals surface area contributed by atoms with E-state index < -0.39 is 123 Å². The first kappa shape index (κ1) is 86.5. The highest BCUT2D eigenvalue weighted by molar-refractivity contribution is 5.79. The first-order valence-electron chi connectivity index (χ1n) is 38.4. The van der Waals surface area contributed by atoms with Crippen molar-refractivity contribution in [2.75, 3.05) is 13.2 Å². The van der Waals surface area contributed by atoms with E-state index in [1.807, 2.05) is 0 Å². The summed E-state index contributed by atoms with van der Waals surface area (Å²) < 4.78 is 29.9. The third kappa shape index (κ3) is 38.4. The molecular weight excluding hydrogens is 1190 g/mol. The van der Waals surface area contributed by atoms with Gasteiger partial charge in [0.05, 0.1) is 26.1 Å². The summed E-state index contributed by atoms with van der Waals surface area (Å²) in [6.45, 7) is 6.84. The number of carbonyl (C=O) groups excluding carboxylic acids is 4. The minimum absolute atomic E-state index is 0.136. The van der Waals surface area contributed by atoms with Gasteiger partial charge in [-0.15, -0.1) is 0 Å². The monoisotopic (exact) mass is 1330 g/mol. The molecule has 2 fully saturated rings. The van der Waals surface area contributed by atoms with Crippen LogP contribution in [0.3, 0.4) is 0 Å². The van der Waals surface area contributed by atoms with Gasteiger partial charge >= 0.3 is 11.9 Å². The van der Waals surface area contributed by atoms with Crippen molar-refractivity contribution in [2.24, 2.45) is 0 Å². The zero-order valence-corrected chi connectivity index (χ0v) is 59.2. The number of ether oxygens (including phenoxy) is 5. The van der Waals surface area contributed by atoms with Crippen LogP contribution in [0, 0.1) is 0 Å². The molecule has 19 heteroatoms. The second-order valence-electron chi connectivity index (χ2n) is 27.7. The molecule has 2 aliphatic rings. The van der Waals surface area contributed by atoms with Crippen LogP contribution in [0.15, 0.2) is 0 Å². The maximum Gasteiger partial charge on any atom is 0.306 e. The van der Waals surface area contributed by atoms with E-state index in [9.17, 15) is 60.0 Å². The topological polar surface area (TPSA) is 300 Å². The van der Waals surface area contributed by atoms with E-state index in [1.54, 1.807) is 0 Å². The predicted molar refractivity (Wildman–Crippen MR) is 365 cm³/mol. The van der Waals surface area contributed by atoms with E-state index >= 15 is 0 Å². The molecule has 0 aromatic rings. The largest absolute Gasteiger partial charge is 0.462 e. The smallest absolute Gasteiger partial charge is 0.306 e. The maximum atomic E-state index is 14.5. The molecular formula is C74H140N2O17. The molecule has 2 heterocycles. The molecule has 2 unspecified atom stereocenters. The lowest BCUT2D eigenvalue weighted by Gasteiger charge is -2.53. The van der Waals surface area contributed by atoms with Crippen molar-refractivity contribution in [1.82, 2.24) is 10.6 Å². The third-order valence-corrected chi connectivity index (χ3v) is 19.0. The first-order chi connectivity index (χ1) is 45.1. The Morgan fingerprint density at radius 3 is 1.01 bits per heavy atom. The average Bonchev–Trinajstić information content (AvgIpc) is 0.746. The maximum absolute atomic E-state index is 14.5. The summed E-state index contributed by atoms with van der Waals surface area (Å²) in [5.74, 6) is -6.01. The van der Waals surface area contributed by atoms with E-state index in [1.165, 1.54) is 141 Å². The van der Waals surface area contributed by atoms with E-state index in [0.29, 0.717) is 38.5 Å². The fourth-order valence-electron chi connectivity index (χ4n) is 13.0. The van der Waals surface area contributed by atoms with Crippen molar-refractivity contribution in [3.63, 3.8) is 0 Å². The van der Waals surface area contributed by atoms with Crippen LogP contribution in [0.5, 0.6) is 0 Å². The number of hydrogen-bond donors (Lipinski definition) is 10. The highest BCUT2D eigenvalue weighted by atomic mass is 16.8. The van der Waals surface area contributed by atoms with Crippen molar-refractivity contribution >= 4 is 23.8 Å². The normalized spacial score (nSPS) is 23.8. The number of amides is 2. The summed E-state index contributed by atoms with van der Waals surface area (Å²) in [5.41, 5.74) is -3.19. The first-order valence-corrected chi connectivity index (χ1v) is 38.4. The highest BCUT2D eigenvalue weighted by Crippen LogP contribution is 2.37. The summed E-state index contributed by atoms with van der Waals surface area (Å²) in [5, 5.41) is 95.1. The van der Waals surface area contributed by atoms with Gasteiger partial charge in [0.15, 0.2) is 6.10 Å². The van der Waals surface area contributed by atoms with Crippen LogP contribution in [0.2, 0.25) is 0 Å². The third-order valence-electron chi connectivity index (χ3n) is 19.0. The molecule has 0 spiro atoms. The van der Waals surface area contributed by atoms with Crippen LogP contribution in [-0.4, -0.2) is 151 Å². The van der Waals surface area contributed by atoms with Gasteiger partial charge in [0, 0.05) is 12.8 Å². The lowest BCUT2D eigenvalue weighted by atomic mass is 9.92. The number of esters is 2. The van der Waals surface area contributed by atoms with Gasteiger partial charge in [-0.25, -0.2) is 0 Å². The molecule has 2 amide bonds. The Kier molecular flexibility index (Phi) is 51.5. The number of aliphatic hydroxyl groups excluding tert-OH is 7. The number of carbonyl (C=O) groups is 4. The molecule has 0 bridgehead atoms. The quantitative estimate of drug-likeness (QED) is 0.0154.